The summed E-state index contributed by atoms with van der Waals surface area (Å²) in [7, 11) is 0. The normalized spacial score (nSPS) is 14.3. The zero-order chi connectivity index (χ0) is 42.4. The fourth-order valence-corrected chi connectivity index (χ4v) is 10.1. The number of fused-ring (bicyclic) bond motifs is 6. The Hall–Kier alpha value is -8.08. The van der Waals surface area contributed by atoms with Crippen LogP contribution in [0.4, 0.5) is 34.1 Å². The Balaban J connectivity index is 0.893. The molecule has 0 spiro atoms. The van der Waals surface area contributed by atoms with Crippen molar-refractivity contribution >= 4 is 72.9 Å². The highest BCUT2D eigenvalue weighted by Gasteiger charge is 2.24. The molecule has 4 nitrogen and oxygen atoms in total. The lowest BCUT2D eigenvalue weighted by molar-refractivity contribution is 0.599. The van der Waals surface area contributed by atoms with Gasteiger partial charge in [0, 0.05) is 72.7 Å². The first-order chi connectivity index (χ1) is 31.8. The van der Waals surface area contributed by atoms with Gasteiger partial charge in [-0.15, -0.1) is 0 Å². The highest BCUT2D eigenvalue weighted by molar-refractivity contribution is 6.10. The SMILES string of the molecule is C1=CCC(n2c3c(c4cc(N(c5ccccc5)c5ccc(-c6ccc(N(c7ccccc7)c7ccc8c(c7)c7ccccc7n8-c7ccccc7)cc6)cc5)ccc42)C=CCC3)C=C1. The van der Waals surface area contributed by atoms with Gasteiger partial charge in [-0.05, 0) is 134 Å². The third kappa shape index (κ3) is 6.54. The third-order valence-corrected chi connectivity index (χ3v) is 13.1. The van der Waals surface area contributed by atoms with E-state index in [1.807, 2.05) is 0 Å². The van der Waals surface area contributed by atoms with Crippen molar-refractivity contribution < 1.29 is 0 Å². The molecule has 0 aliphatic heterocycles. The molecule has 0 N–H and O–H groups in total. The predicted octanol–water partition coefficient (Wildman–Crippen LogP) is 16.4. The van der Waals surface area contributed by atoms with E-state index < -0.39 is 0 Å². The van der Waals surface area contributed by atoms with Crippen LogP contribution in [-0.2, 0) is 6.42 Å². The molecule has 2 aromatic heterocycles. The van der Waals surface area contributed by atoms with Gasteiger partial charge in [0.15, 0.2) is 0 Å². The van der Waals surface area contributed by atoms with Crippen LogP contribution >= 0.6 is 0 Å². The zero-order valence-electron chi connectivity index (χ0n) is 35.5. The van der Waals surface area contributed by atoms with E-state index in [4.69, 9.17) is 0 Å². The Morgan fingerprint density at radius 3 is 1.58 bits per heavy atom. The van der Waals surface area contributed by atoms with Gasteiger partial charge in [0.2, 0.25) is 0 Å². The van der Waals surface area contributed by atoms with Gasteiger partial charge in [-0.1, -0.05) is 134 Å². The Labute approximate surface area is 374 Å². The Morgan fingerprint density at radius 2 is 0.953 bits per heavy atom. The van der Waals surface area contributed by atoms with Crippen molar-refractivity contribution in [3.05, 3.63) is 242 Å². The van der Waals surface area contributed by atoms with Gasteiger partial charge in [0.1, 0.15) is 0 Å². The average Bonchev–Trinajstić information content (AvgIpc) is 3.88. The van der Waals surface area contributed by atoms with Crippen LogP contribution < -0.4 is 9.80 Å². The van der Waals surface area contributed by atoms with Crippen LogP contribution in [0.1, 0.15) is 30.1 Å². The summed E-state index contributed by atoms with van der Waals surface area (Å²) in [6.45, 7) is 0. The standard InChI is InChI=1S/C60H46N4/c1-5-17-45(18-6-1)61(51-37-39-59-55(41-51)53-25-13-15-27-57(53)63(59)47-21-9-3-10-22-47)49-33-29-43(30-34-49)44-31-35-50(36-32-44)62(46-19-7-2-8-20-46)52-38-40-60-56(42-52)54-26-14-16-28-58(54)64(60)48-23-11-4-12-24-48/h1-15,17-23,25-27,29-42,48H,16,24,28H2. The van der Waals surface area contributed by atoms with Crippen molar-refractivity contribution in [1.29, 1.82) is 0 Å². The molecule has 2 heterocycles. The van der Waals surface area contributed by atoms with E-state index in [1.165, 1.54) is 55.1 Å². The van der Waals surface area contributed by atoms with Crippen molar-refractivity contribution in [2.45, 2.75) is 25.3 Å². The molecule has 306 valence electrons. The molecule has 0 bridgehead atoms. The largest absolute Gasteiger partial charge is 0.337 e. The summed E-state index contributed by atoms with van der Waals surface area (Å²) in [5.74, 6) is 0. The summed E-state index contributed by atoms with van der Waals surface area (Å²) < 4.78 is 4.96. The van der Waals surface area contributed by atoms with E-state index in [2.05, 4.69) is 256 Å². The van der Waals surface area contributed by atoms with Gasteiger partial charge < -0.3 is 18.9 Å². The van der Waals surface area contributed by atoms with Crippen LogP contribution in [0.25, 0.3) is 55.6 Å². The van der Waals surface area contributed by atoms with Gasteiger partial charge >= 0.3 is 0 Å². The van der Waals surface area contributed by atoms with E-state index >= 15 is 0 Å². The minimum Gasteiger partial charge on any atom is -0.337 e. The number of allylic oxidation sites excluding steroid dienone is 5. The number of benzene rings is 8. The van der Waals surface area contributed by atoms with Crippen molar-refractivity contribution in [2.75, 3.05) is 9.80 Å². The van der Waals surface area contributed by atoms with Crippen LogP contribution in [0.2, 0.25) is 0 Å². The first-order valence-corrected chi connectivity index (χ1v) is 22.4. The molecule has 10 aromatic rings. The number of hydrogen-bond acceptors (Lipinski definition) is 2. The van der Waals surface area contributed by atoms with Gasteiger partial charge in [0.25, 0.3) is 0 Å². The fourth-order valence-electron chi connectivity index (χ4n) is 10.1. The minimum absolute atomic E-state index is 0.339. The fraction of sp³-hybridized carbons (Fsp3) is 0.0667. The molecule has 8 aromatic carbocycles. The predicted molar refractivity (Wildman–Crippen MR) is 270 cm³/mol. The molecular weight excluding hydrogens is 777 g/mol. The number of rotatable bonds is 9. The van der Waals surface area contributed by atoms with E-state index in [9.17, 15) is 0 Å². The third-order valence-electron chi connectivity index (χ3n) is 13.1. The Kier molecular flexibility index (Phi) is 9.41. The van der Waals surface area contributed by atoms with Crippen molar-refractivity contribution in [2.24, 2.45) is 0 Å². The minimum atomic E-state index is 0.339. The van der Waals surface area contributed by atoms with E-state index in [0.717, 1.165) is 59.1 Å². The summed E-state index contributed by atoms with van der Waals surface area (Å²) in [5, 5.41) is 3.78. The van der Waals surface area contributed by atoms with Crippen LogP contribution in [0.15, 0.2) is 231 Å². The highest BCUT2D eigenvalue weighted by Crippen LogP contribution is 2.43. The topological polar surface area (TPSA) is 16.3 Å². The molecule has 2 aliphatic rings. The lowest BCUT2D eigenvalue weighted by Crippen LogP contribution is -2.12. The smallest absolute Gasteiger partial charge is 0.0557 e. The quantitative estimate of drug-likeness (QED) is 0.144. The Morgan fingerprint density at radius 1 is 0.422 bits per heavy atom. The van der Waals surface area contributed by atoms with Crippen molar-refractivity contribution in [3.63, 3.8) is 0 Å². The zero-order valence-corrected chi connectivity index (χ0v) is 35.5. The van der Waals surface area contributed by atoms with E-state index in [1.54, 1.807) is 0 Å². The van der Waals surface area contributed by atoms with E-state index in [-0.39, 0.29) is 0 Å². The molecule has 0 saturated heterocycles. The summed E-state index contributed by atoms with van der Waals surface area (Å²) >= 11 is 0. The van der Waals surface area contributed by atoms with Crippen molar-refractivity contribution in [1.82, 2.24) is 9.13 Å². The van der Waals surface area contributed by atoms with Crippen LogP contribution in [0.3, 0.4) is 0 Å². The second-order valence-electron chi connectivity index (χ2n) is 16.8. The molecular formula is C60H46N4. The molecule has 1 atom stereocenters. The first kappa shape index (κ1) is 37.7. The molecule has 0 amide bonds. The van der Waals surface area contributed by atoms with E-state index in [0.29, 0.717) is 6.04 Å². The summed E-state index contributed by atoms with van der Waals surface area (Å²) in [5.41, 5.74) is 16.7. The number of anilines is 6. The lowest BCUT2D eigenvalue weighted by Gasteiger charge is -2.26. The molecule has 2 aliphatic carbocycles. The number of hydrogen-bond donors (Lipinski definition) is 0. The number of nitrogens with zero attached hydrogens (tertiary/aromatic N) is 4. The van der Waals surface area contributed by atoms with Gasteiger partial charge in [-0.3, -0.25) is 0 Å². The lowest BCUT2D eigenvalue weighted by atomic mass is 10.0. The maximum absolute atomic E-state index is 2.59. The number of aromatic nitrogens is 2. The first-order valence-electron chi connectivity index (χ1n) is 22.4. The summed E-state index contributed by atoms with van der Waals surface area (Å²) in [6, 6.07) is 73.1. The Bertz CT molecular complexity index is 3390. The van der Waals surface area contributed by atoms with Crippen molar-refractivity contribution in [3.8, 4) is 16.8 Å². The molecule has 64 heavy (non-hydrogen) atoms. The van der Waals surface area contributed by atoms with Gasteiger partial charge in [-0.2, -0.15) is 0 Å². The number of para-hydroxylation sites is 4. The molecule has 4 heteroatoms. The van der Waals surface area contributed by atoms with Gasteiger partial charge in [-0.25, -0.2) is 0 Å². The monoisotopic (exact) mass is 822 g/mol. The maximum atomic E-state index is 2.59. The maximum Gasteiger partial charge on any atom is 0.0557 e. The van der Waals surface area contributed by atoms with Gasteiger partial charge in [0.05, 0.1) is 17.1 Å². The highest BCUT2D eigenvalue weighted by atomic mass is 15.1. The van der Waals surface area contributed by atoms with Crippen LogP contribution in [-0.4, -0.2) is 9.13 Å². The second-order valence-corrected chi connectivity index (χ2v) is 16.8. The summed E-state index contributed by atoms with van der Waals surface area (Å²) in [6.07, 6.45) is 16.9. The second kappa shape index (κ2) is 16.0. The molecule has 1 unspecified atom stereocenters. The molecule has 12 rings (SSSR count). The average molecular weight is 823 g/mol. The molecule has 0 fully saturated rings. The molecule has 0 saturated carbocycles. The summed E-state index contributed by atoms with van der Waals surface area (Å²) in [4.78, 5) is 4.75. The van der Waals surface area contributed by atoms with Crippen LogP contribution in [0, 0.1) is 0 Å². The van der Waals surface area contributed by atoms with Crippen LogP contribution in [0.5, 0.6) is 0 Å². The molecule has 0 radical (unpaired) electrons.